The van der Waals surface area contributed by atoms with Gasteiger partial charge in [-0.15, -0.1) is 0 Å². The lowest BCUT2D eigenvalue weighted by atomic mass is 9.83. The molecule has 1 heterocycles. The minimum atomic E-state index is -0.652. The van der Waals surface area contributed by atoms with E-state index in [2.05, 4.69) is 60.9 Å². The molecule has 0 bridgehead atoms. The van der Waals surface area contributed by atoms with Crippen molar-refractivity contribution in [3.05, 3.63) is 66.3 Å². The second-order valence-corrected chi connectivity index (χ2v) is 9.47. The Labute approximate surface area is 191 Å². The first kappa shape index (κ1) is 22.6. The van der Waals surface area contributed by atoms with Gasteiger partial charge in [-0.2, -0.15) is 0 Å². The van der Waals surface area contributed by atoms with E-state index in [1.807, 2.05) is 6.08 Å². The molecule has 1 N–H and O–H groups in total. The summed E-state index contributed by atoms with van der Waals surface area (Å²) in [7, 11) is 0. The molecule has 1 saturated carbocycles. The number of benzene rings is 2. The summed E-state index contributed by atoms with van der Waals surface area (Å²) in [5, 5.41) is 11.6. The average Bonchev–Trinajstić information content (AvgIpc) is 2.80. The van der Waals surface area contributed by atoms with Gasteiger partial charge in [0.1, 0.15) is 5.75 Å². The molecular weight excluding hydrogens is 398 g/mol. The number of hydrogen-bond acceptors (Lipinski definition) is 3. The zero-order valence-corrected chi connectivity index (χ0v) is 19.1. The van der Waals surface area contributed by atoms with Crippen LogP contribution in [0.15, 0.2) is 60.7 Å². The number of hydrogen-bond donors (Lipinski definition) is 1. The molecule has 0 amide bonds. The Morgan fingerprint density at radius 1 is 1.03 bits per heavy atom. The van der Waals surface area contributed by atoms with Crippen molar-refractivity contribution in [2.75, 3.05) is 13.1 Å². The van der Waals surface area contributed by atoms with Crippen LogP contribution < -0.4 is 4.74 Å². The minimum absolute atomic E-state index is 0.177. The topological polar surface area (TPSA) is 49.8 Å². The number of aliphatic carboxylic acids is 1. The van der Waals surface area contributed by atoms with E-state index >= 15 is 0 Å². The van der Waals surface area contributed by atoms with Crippen molar-refractivity contribution in [3.63, 3.8) is 0 Å². The molecule has 2 aliphatic rings. The van der Waals surface area contributed by atoms with Gasteiger partial charge in [-0.25, -0.2) is 0 Å². The van der Waals surface area contributed by atoms with Crippen molar-refractivity contribution in [2.24, 2.45) is 11.8 Å². The van der Waals surface area contributed by atoms with Gasteiger partial charge in [0, 0.05) is 6.54 Å². The van der Waals surface area contributed by atoms with Crippen LogP contribution in [0.2, 0.25) is 0 Å². The number of likely N-dealkylation sites (tertiary alicyclic amines) is 1. The first-order valence-electron chi connectivity index (χ1n) is 12.0. The van der Waals surface area contributed by atoms with E-state index in [0.717, 1.165) is 51.1 Å². The van der Waals surface area contributed by atoms with Gasteiger partial charge in [0.15, 0.2) is 0 Å². The van der Waals surface area contributed by atoms with Gasteiger partial charge in [-0.05, 0) is 99.0 Å². The van der Waals surface area contributed by atoms with E-state index in [4.69, 9.17) is 4.74 Å². The van der Waals surface area contributed by atoms with E-state index in [9.17, 15) is 9.90 Å². The fourth-order valence-electron chi connectivity index (χ4n) is 5.19. The largest absolute Gasteiger partial charge is 0.490 e. The predicted octanol–water partition coefficient (Wildman–Crippen LogP) is 6.21. The number of carbonyl (C=O) groups is 1. The third kappa shape index (κ3) is 5.60. The van der Waals surface area contributed by atoms with Gasteiger partial charge in [0.25, 0.3) is 0 Å². The highest BCUT2D eigenvalue weighted by molar-refractivity contribution is 5.84. The molecule has 0 unspecified atom stereocenters. The Balaban J connectivity index is 1.33. The maximum atomic E-state index is 11.2. The van der Waals surface area contributed by atoms with Gasteiger partial charge >= 0.3 is 5.97 Å². The van der Waals surface area contributed by atoms with Crippen LogP contribution in [-0.4, -0.2) is 35.2 Å². The number of piperidine rings is 1. The standard InChI is InChI=1S/C28H35NO3/c1-3-4-20(2)22-7-10-26(11-8-22)32-27-12-9-24-17-21(5-6-25(24)18-27)19-29-15-13-23(14-16-29)28(30)31/h3-6,9,12,17-18,22-23,26H,1,7-8,10-11,13-16,19H2,2H3,(H,30,31). The van der Waals surface area contributed by atoms with Crippen molar-refractivity contribution in [1.29, 1.82) is 0 Å². The molecule has 4 rings (SSSR count). The maximum absolute atomic E-state index is 11.2. The molecule has 1 aliphatic carbocycles. The number of ether oxygens (including phenoxy) is 1. The molecule has 32 heavy (non-hydrogen) atoms. The molecule has 170 valence electrons. The normalized spacial score (nSPS) is 23.2. The summed E-state index contributed by atoms with van der Waals surface area (Å²) in [4.78, 5) is 13.5. The summed E-state index contributed by atoms with van der Waals surface area (Å²) >= 11 is 0. The van der Waals surface area contributed by atoms with Gasteiger partial charge in [-0.1, -0.05) is 42.5 Å². The SMILES string of the molecule is C=CC=C(C)C1CCC(Oc2ccc3cc(CN4CCC(C(=O)O)CC4)ccc3c2)CC1. The monoisotopic (exact) mass is 433 g/mol. The second kappa shape index (κ2) is 10.4. The summed E-state index contributed by atoms with van der Waals surface area (Å²) in [5.41, 5.74) is 2.72. The van der Waals surface area contributed by atoms with Crippen molar-refractivity contribution in [1.82, 2.24) is 4.90 Å². The van der Waals surface area contributed by atoms with Gasteiger partial charge in [0.05, 0.1) is 12.0 Å². The molecule has 0 radical (unpaired) electrons. The lowest BCUT2D eigenvalue weighted by molar-refractivity contribution is -0.143. The van der Waals surface area contributed by atoms with Gasteiger partial charge in [0.2, 0.25) is 0 Å². The predicted molar refractivity (Wildman–Crippen MR) is 130 cm³/mol. The van der Waals surface area contributed by atoms with Crippen LogP contribution in [0, 0.1) is 11.8 Å². The minimum Gasteiger partial charge on any atom is -0.490 e. The molecule has 4 nitrogen and oxygen atoms in total. The zero-order chi connectivity index (χ0) is 22.5. The van der Waals surface area contributed by atoms with E-state index in [0.29, 0.717) is 12.0 Å². The highest BCUT2D eigenvalue weighted by Crippen LogP contribution is 2.33. The number of carboxylic acids is 1. The van der Waals surface area contributed by atoms with Crippen LogP contribution in [0.25, 0.3) is 10.8 Å². The van der Waals surface area contributed by atoms with Crippen LogP contribution in [0.5, 0.6) is 5.75 Å². The van der Waals surface area contributed by atoms with Crippen LogP contribution in [0.4, 0.5) is 0 Å². The highest BCUT2D eigenvalue weighted by atomic mass is 16.5. The number of rotatable bonds is 7. The Morgan fingerprint density at radius 3 is 2.41 bits per heavy atom. The van der Waals surface area contributed by atoms with E-state index in [1.165, 1.54) is 34.8 Å². The highest BCUT2D eigenvalue weighted by Gasteiger charge is 2.25. The molecule has 1 saturated heterocycles. The van der Waals surface area contributed by atoms with Crippen LogP contribution in [0.3, 0.4) is 0 Å². The molecule has 2 fully saturated rings. The maximum Gasteiger partial charge on any atom is 0.306 e. The van der Waals surface area contributed by atoms with Crippen LogP contribution in [0.1, 0.15) is 51.0 Å². The average molecular weight is 434 g/mol. The quantitative estimate of drug-likeness (QED) is 0.528. The molecule has 2 aromatic carbocycles. The molecule has 0 aromatic heterocycles. The Morgan fingerprint density at radius 2 is 1.72 bits per heavy atom. The number of allylic oxidation sites excluding steroid dienone is 3. The Bertz CT molecular complexity index is 979. The zero-order valence-electron chi connectivity index (χ0n) is 19.1. The summed E-state index contributed by atoms with van der Waals surface area (Å²) in [6.45, 7) is 8.61. The molecule has 0 spiro atoms. The summed E-state index contributed by atoms with van der Waals surface area (Å²) in [6.07, 6.45) is 10.4. The fraction of sp³-hybridized carbons (Fsp3) is 0.464. The Hall–Kier alpha value is -2.59. The second-order valence-electron chi connectivity index (χ2n) is 9.47. The van der Waals surface area contributed by atoms with E-state index in [1.54, 1.807) is 0 Å². The van der Waals surface area contributed by atoms with Gasteiger partial charge in [-0.3, -0.25) is 9.69 Å². The molecule has 1 aliphatic heterocycles. The lowest BCUT2D eigenvalue weighted by Crippen LogP contribution is -2.35. The van der Waals surface area contributed by atoms with Crippen molar-refractivity contribution < 1.29 is 14.6 Å². The van der Waals surface area contributed by atoms with Crippen molar-refractivity contribution in [2.45, 2.75) is 58.1 Å². The van der Waals surface area contributed by atoms with E-state index < -0.39 is 5.97 Å². The molecule has 2 aromatic rings. The van der Waals surface area contributed by atoms with Crippen molar-refractivity contribution in [3.8, 4) is 5.75 Å². The third-order valence-electron chi connectivity index (χ3n) is 7.22. The third-order valence-corrected chi connectivity index (χ3v) is 7.22. The number of carboxylic acid groups (broad SMARTS) is 1. The lowest BCUT2D eigenvalue weighted by Gasteiger charge is -2.30. The summed E-state index contributed by atoms with van der Waals surface area (Å²) in [5.74, 6) is 0.797. The molecule has 4 heteroatoms. The number of fused-ring (bicyclic) bond motifs is 1. The van der Waals surface area contributed by atoms with Crippen LogP contribution in [-0.2, 0) is 11.3 Å². The number of nitrogens with zero attached hydrogens (tertiary/aromatic N) is 1. The van der Waals surface area contributed by atoms with E-state index in [-0.39, 0.29) is 5.92 Å². The summed E-state index contributed by atoms with van der Waals surface area (Å²) in [6, 6.07) is 13.0. The molecule has 0 atom stereocenters. The summed E-state index contributed by atoms with van der Waals surface area (Å²) < 4.78 is 6.34. The Kier molecular flexibility index (Phi) is 7.31. The van der Waals surface area contributed by atoms with Crippen LogP contribution >= 0.6 is 0 Å². The smallest absolute Gasteiger partial charge is 0.306 e. The van der Waals surface area contributed by atoms with Crippen molar-refractivity contribution >= 4 is 16.7 Å². The van der Waals surface area contributed by atoms with Gasteiger partial charge < -0.3 is 9.84 Å². The molecular formula is C28H35NO3. The first-order chi connectivity index (χ1) is 15.5. The first-order valence-corrected chi connectivity index (χ1v) is 12.0. The fourth-order valence-corrected chi connectivity index (χ4v) is 5.19.